The van der Waals surface area contributed by atoms with Gasteiger partial charge in [0.1, 0.15) is 18.1 Å². The van der Waals surface area contributed by atoms with Crippen LogP contribution in [0.3, 0.4) is 0 Å². The molecule has 6 atom stereocenters. The van der Waals surface area contributed by atoms with Gasteiger partial charge in [0, 0.05) is 39.1 Å². The number of carbonyl (C=O) groups excluding carboxylic acids is 5. The van der Waals surface area contributed by atoms with E-state index in [0.717, 1.165) is 12.8 Å². The molecule has 1 heterocycles. The summed E-state index contributed by atoms with van der Waals surface area (Å²) < 4.78 is 26.4. The first-order valence-electron chi connectivity index (χ1n) is 16.9. The topological polar surface area (TPSA) is 174 Å². The Bertz CT molecular complexity index is 1420. The van der Waals surface area contributed by atoms with Crippen LogP contribution >= 0.6 is 0 Å². The highest BCUT2D eigenvalue weighted by atomic mass is 32.2. The predicted octanol–water partition coefficient (Wildman–Crippen LogP) is 2.18. The fraction of sp³-hybridized carbons (Fsp3) is 0.743. The lowest BCUT2D eigenvalue weighted by atomic mass is 9.85. The number of hydrogen-bond acceptors (Lipinski definition) is 7. The summed E-state index contributed by atoms with van der Waals surface area (Å²) in [5, 5.41) is 10.8. The van der Waals surface area contributed by atoms with Gasteiger partial charge in [-0.05, 0) is 56.3 Å². The van der Waals surface area contributed by atoms with Crippen LogP contribution in [0.25, 0.3) is 0 Å². The smallest absolute Gasteiger partial charge is 0.315 e. The molecule has 0 aromatic heterocycles. The number of likely N-dealkylation sites (tertiary alicyclic amines) is 1. The van der Waals surface area contributed by atoms with E-state index in [1.807, 2.05) is 20.8 Å². The van der Waals surface area contributed by atoms with Crippen molar-refractivity contribution in [3.05, 3.63) is 12.7 Å². The molecule has 0 bridgehead atoms. The van der Waals surface area contributed by atoms with Crippen LogP contribution in [0.2, 0.25) is 0 Å². The highest BCUT2D eigenvalue weighted by Crippen LogP contribution is 2.43. The number of nitrogens with one attached hydrogen (secondary N) is 4. The van der Waals surface area contributed by atoms with Crippen molar-refractivity contribution in [3.63, 3.8) is 0 Å². The molecule has 1 aliphatic carbocycles. The number of hydrogen-bond donors (Lipinski definition) is 4. The van der Waals surface area contributed by atoms with Crippen LogP contribution in [-0.2, 0) is 29.2 Å². The van der Waals surface area contributed by atoms with Gasteiger partial charge in [0.2, 0.25) is 27.6 Å². The Kier molecular flexibility index (Phi) is 13.7. The second-order valence-corrected chi connectivity index (χ2v) is 19.2. The molecular formula is C35H58N6O7S. The number of terminal acetylenes is 1. The maximum absolute atomic E-state index is 14.4. The number of fused-ring (bicyclic) bond motifs is 1. The minimum Gasteiger partial charge on any atom is -0.346 e. The third-order valence-corrected chi connectivity index (χ3v) is 11.9. The van der Waals surface area contributed by atoms with E-state index in [2.05, 4.69) is 33.8 Å². The highest BCUT2D eigenvalue weighted by Gasteiger charge is 2.52. The van der Waals surface area contributed by atoms with E-state index in [9.17, 15) is 32.4 Å². The van der Waals surface area contributed by atoms with E-state index in [-0.39, 0.29) is 31.3 Å². The summed E-state index contributed by atoms with van der Waals surface area (Å²) in [6, 6.07) is -4.55. The highest BCUT2D eigenvalue weighted by molar-refractivity contribution is 7.90. The van der Waals surface area contributed by atoms with Gasteiger partial charge in [-0.3, -0.25) is 19.2 Å². The molecule has 2 rings (SSSR count). The lowest BCUT2D eigenvalue weighted by molar-refractivity contribution is -0.144. The molecular weight excluding hydrogens is 648 g/mol. The van der Waals surface area contributed by atoms with Gasteiger partial charge in [-0.25, -0.2) is 17.5 Å². The van der Waals surface area contributed by atoms with Crippen LogP contribution in [0, 0.1) is 35.0 Å². The third-order valence-electron chi connectivity index (χ3n) is 9.39. The standard InChI is InChI=1S/C35H58N6O7S/c1-13-16-24(27(42)30(44)36-19-14-2)37-29(43)26-23-18-15-17-22(23)20-41(26)31(45)28(34(6,7)8)39-32(46)38-25(33(3,4)5)21-40(12)49(47,48)35(9,10)11/h1,14,22-26,28H,2,15-21H2,3-12H3,(H,36,44)(H,37,43)(H2,38,39,46)/t22-,23-,24?,25+,26-,28+/m0/s1. The zero-order chi connectivity index (χ0) is 37.7. The van der Waals surface area contributed by atoms with E-state index in [1.165, 1.54) is 22.3 Å². The van der Waals surface area contributed by atoms with Gasteiger partial charge in [-0.1, -0.05) is 54.0 Å². The molecule has 1 saturated heterocycles. The molecule has 0 aromatic rings. The molecule has 4 N–H and O–H groups in total. The summed E-state index contributed by atoms with van der Waals surface area (Å²) in [5.41, 5.74) is -1.34. The van der Waals surface area contributed by atoms with Crippen molar-refractivity contribution in [1.82, 2.24) is 30.5 Å². The molecule has 2 aliphatic rings. The number of carbonyl (C=O) groups is 5. The molecule has 0 aromatic carbocycles. The SMILES string of the molecule is C#CCC(NC(=O)[C@@H]1[C@H]2CCC[C@H]2CN1C(=O)[C@@H](NC(=O)N[C@H](CN(C)S(=O)(=O)C(C)(C)C)C(C)(C)C)C(C)(C)C)C(=O)C(=O)NCC=C. The van der Waals surface area contributed by atoms with Crippen LogP contribution in [0.4, 0.5) is 4.79 Å². The number of sulfonamides is 1. The molecule has 276 valence electrons. The summed E-state index contributed by atoms with van der Waals surface area (Å²) >= 11 is 0. The van der Waals surface area contributed by atoms with E-state index in [0.29, 0.717) is 13.0 Å². The lowest BCUT2D eigenvalue weighted by Gasteiger charge is -2.38. The van der Waals surface area contributed by atoms with E-state index in [1.54, 1.807) is 41.5 Å². The minimum absolute atomic E-state index is 0.00550. The van der Waals surface area contributed by atoms with Gasteiger partial charge in [-0.2, -0.15) is 0 Å². The van der Waals surface area contributed by atoms with Crippen LogP contribution < -0.4 is 21.3 Å². The number of urea groups is 1. The van der Waals surface area contributed by atoms with Gasteiger partial charge in [0.05, 0.1) is 4.75 Å². The second-order valence-electron chi connectivity index (χ2n) is 16.4. The molecule has 2 fully saturated rings. The third kappa shape index (κ3) is 10.3. The van der Waals surface area contributed by atoms with Crippen molar-refractivity contribution in [3.8, 4) is 12.3 Å². The molecule has 49 heavy (non-hydrogen) atoms. The van der Waals surface area contributed by atoms with E-state index < -0.39 is 79.3 Å². The molecule has 13 nitrogen and oxygen atoms in total. The van der Waals surface area contributed by atoms with E-state index >= 15 is 0 Å². The maximum Gasteiger partial charge on any atom is 0.315 e. The summed E-state index contributed by atoms with van der Waals surface area (Å²) in [6.07, 6.45) is 9.08. The zero-order valence-corrected chi connectivity index (χ0v) is 31.8. The quantitative estimate of drug-likeness (QED) is 0.129. The Morgan fingerprint density at radius 3 is 2.10 bits per heavy atom. The van der Waals surface area contributed by atoms with Crippen LogP contribution in [0.5, 0.6) is 0 Å². The first-order valence-corrected chi connectivity index (χ1v) is 18.3. The summed E-state index contributed by atoms with van der Waals surface area (Å²) in [4.78, 5) is 68.7. The molecule has 1 unspecified atom stereocenters. The maximum atomic E-state index is 14.4. The van der Waals surface area contributed by atoms with Crippen molar-refractivity contribution < 1.29 is 32.4 Å². The van der Waals surface area contributed by atoms with Gasteiger partial charge in [0.15, 0.2) is 0 Å². The molecule has 0 spiro atoms. The number of amides is 5. The predicted molar refractivity (Wildman–Crippen MR) is 189 cm³/mol. The van der Waals surface area contributed by atoms with Crippen LogP contribution in [-0.4, -0.2) is 103 Å². The van der Waals surface area contributed by atoms with Gasteiger partial charge in [-0.15, -0.1) is 18.9 Å². The summed E-state index contributed by atoms with van der Waals surface area (Å²) in [6.45, 7) is 19.8. The minimum atomic E-state index is -3.68. The second kappa shape index (κ2) is 16.1. The van der Waals surface area contributed by atoms with Gasteiger partial charge >= 0.3 is 6.03 Å². The summed E-state index contributed by atoms with van der Waals surface area (Å²) in [5.74, 6) is -0.613. The van der Waals surface area contributed by atoms with Crippen LogP contribution in [0.15, 0.2) is 12.7 Å². The van der Waals surface area contributed by atoms with Gasteiger partial charge in [0.25, 0.3) is 5.91 Å². The normalized spacial score (nSPS) is 21.5. The fourth-order valence-electron chi connectivity index (χ4n) is 6.37. The molecule has 1 aliphatic heterocycles. The number of nitrogens with zero attached hydrogens (tertiary/aromatic N) is 2. The van der Waals surface area contributed by atoms with E-state index in [4.69, 9.17) is 6.42 Å². The number of Topliss-reactive ketones (excluding diaryl/α,β-unsaturated/α-hetero) is 1. The lowest BCUT2D eigenvalue weighted by Crippen LogP contribution is -2.62. The van der Waals surface area contributed by atoms with Gasteiger partial charge < -0.3 is 26.2 Å². The Labute approximate surface area is 293 Å². The van der Waals surface area contributed by atoms with Crippen molar-refractivity contribution in [2.75, 3.05) is 26.7 Å². The first-order chi connectivity index (χ1) is 22.4. The average molecular weight is 707 g/mol. The first kappa shape index (κ1) is 41.7. The Hall–Kier alpha value is -3.44. The average Bonchev–Trinajstić information content (AvgIpc) is 3.57. The Morgan fingerprint density at radius 2 is 1.59 bits per heavy atom. The fourth-order valence-corrected chi connectivity index (χ4v) is 7.65. The van der Waals surface area contributed by atoms with Crippen molar-refractivity contribution in [1.29, 1.82) is 0 Å². The molecule has 14 heteroatoms. The summed E-state index contributed by atoms with van der Waals surface area (Å²) in [7, 11) is -2.21. The number of likely N-dealkylation sites (N-methyl/N-ethyl adjacent to an activating group) is 1. The van der Waals surface area contributed by atoms with Crippen molar-refractivity contribution in [2.24, 2.45) is 22.7 Å². The number of rotatable bonds is 13. The van der Waals surface area contributed by atoms with Crippen LogP contribution in [0.1, 0.15) is 88.0 Å². The molecule has 0 radical (unpaired) electrons. The largest absolute Gasteiger partial charge is 0.346 e. The zero-order valence-electron chi connectivity index (χ0n) is 30.9. The molecule has 1 saturated carbocycles. The monoisotopic (exact) mass is 706 g/mol. The van der Waals surface area contributed by atoms with Crippen molar-refractivity contribution in [2.45, 2.75) is 117 Å². The molecule has 5 amide bonds. The Morgan fingerprint density at radius 1 is 0.980 bits per heavy atom. The Balaban J connectivity index is 2.35. The van der Waals surface area contributed by atoms with Crippen molar-refractivity contribution >= 4 is 39.6 Å². The number of ketones is 1.